The van der Waals surface area contributed by atoms with Gasteiger partial charge in [-0.15, -0.1) is 0 Å². The Balaban J connectivity index is 2.33. The minimum atomic E-state index is -0.526. The fraction of sp³-hybridized carbons (Fsp3) is 0.308. The molecule has 0 spiro atoms. The molecule has 1 N–H and O–H groups in total. The molecule has 0 bridgehead atoms. The largest absolute Gasteiger partial charge is 0.436 e. The molecule has 96 valence electrons. The van der Waals surface area contributed by atoms with Crippen LogP contribution in [0.25, 0.3) is 0 Å². The molecule has 0 saturated carbocycles. The third-order valence-electron chi connectivity index (χ3n) is 2.63. The minimum absolute atomic E-state index is 0.526. The summed E-state index contributed by atoms with van der Waals surface area (Å²) in [5.74, 6) is 0.827. The van der Waals surface area contributed by atoms with E-state index in [1.165, 1.54) is 11.8 Å². The van der Waals surface area contributed by atoms with Crippen molar-refractivity contribution < 1.29 is 9.52 Å². The van der Waals surface area contributed by atoms with Crippen molar-refractivity contribution in [2.45, 2.75) is 37.0 Å². The molecule has 5 heteroatoms. The molecule has 0 saturated heterocycles. The van der Waals surface area contributed by atoms with E-state index in [1.54, 1.807) is 6.92 Å². The number of hydrogen-bond donors (Lipinski definition) is 1. The fourth-order valence-corrected chi connectivity index (χ4v) is 2.92. The van der Waals surface area contributed by atoms with Crippen LogP contribution in [0, 0.1) is 13.8 Å². The lowest BCUT2D eigenvalue weighted by Gasteiger charge is -2.10. The molecule has 3 nitrogen and oxygen atoms in total. The molecular weight excluding hydrogens is 314 g/mol. The van der Waals surface area contributed by atoms with Gasteiger partial charge in [0.1, 0.15) is 5.76 Å². The summed E-state index contributed by atoms with van der Waals surface area (Å²) in [6.45, 7) is 5.56. The first kappa shape index (κ1) is 13.6. The molecule has 2 aromatic rings. The van der Waals surface area contributed by atoms with Crippen LogP contribution in [0.15, 0.2) is 37.2 Å². The van der Waals surface area contributed by atoms with Crippen molar-refractivity contribution in [1.82, 2.24) is 4.98 Å². The average molecular weight is 328 g/mol. The van der Waals surface area contributed by atoms with Crippen LogP contribution in [0.1, 0.15) is 30.0 Å². The molecular formula is C13H14BrNO2S. The van der Waals surface area contributed by atoms with E-state index < -0.39 is 6.10 Å². The van der Waals surface area contributed by atoms with E-state index in [1.807, 2.05) is 32.0 Å². The zero-order valence-corrected chi connectivity index (χ0v) is 12.8. The van der Waals surface area contributed by atoms with E-state index in [4.69, 9.17) is 4.42 Å². The fourth-order valence-electron chi connectivity index (χ4n) is 1.52. The van der Waals surface area contributed by atoms with Gasteiger partial charge < -0.3 is 9.52 Å². The average Bonchev–Trinajstić information content (AvgIpc) is 2.60. The van der Waals surface area contributed by atoms with Crippen molar-refractivity contribution in [3.63, 3.8) is 0 Å². The molecule has 1 atom stereocenters. The molecule has 1 heterocycles. The van der Waals surface area contributed by atoms with Gasteiger partial charge in [0.15, 0.2) is 0 Å². The zero-order valence-electron chi connectivity index (χ0n) is 10.4. The molecule has 0 amide bonds. The maximum Gasteiger partial charge on any atom is 0.261 e. The quantitative estimate of drug-likeness (QED) is 0.914. The molecule has 1 unspecified atom stereocenters. The van der Waals surface area contributed by atoms with E-state index in [2.05, 4.69) is 20.9 Å². The van der Waals surface area contributed by atoms with Crippen molar-refractivity contribution in [2.75, 3.05) is 0 Å². The van der Waals surface area contributed by atoms with Gasteiger partial charge in [0.25, 0.3) is 5.22 Å². The Morgan fingerprint density at radius 3 is 2.67 bits per heavy atom. The van der Waals surface area contributed by atoms with Gasteiger partial charge in [0.05, 0.1) is 11.8 Å². The van der Waals surface area contributed by atoms with Crippen LogP contribution in [0.3, 0.4) is 0 Å². The Morgan fingerprint density at radius 1 is 1.39 bits per heavy atom. The molecule has 0 aliphatic carbocycles. The Kier molecular flexibility index (Phi) is 4.14. The summed E-state index contributed by atoms with van der Waals surface area (Å²) in [5, 5.41) is 10.4. The number of halogens is 1. The number of aliphatic hydroxyl groups excluding tert-OH is 1. The van der Waals surface area contributed by atoms with Crippen molar-refractivity contribution in [3.8, 4) is 0 Å². The number of benzene rings is 1. The van der Waals surface area contributed by atoms with E-state index in [0.717, 1.165) is 26.4 Å². The van der Waals surface area contributed by atoms with Gasteiger partial charge in [-0.3, -0.25) is 0 Å². The van der Waals surface area contributed by atoms with Gasteiger partial charge in [-0.05, 0) is 56.3 Å². The third kappa shape index (κ3) is 2.96. The van der Waals surface area contributed by atoms with E-state index in [-0.39, 0.29) is 0 Å². The number of aryl methyl sites for hydroxylation is 2. The molecule has 18 heavy (non-hydrogen) atoms. The van der Waals surface area contributed by atoms with Gasteiger partial charge in [-0.2, -0.15) is 0 Å². The predicted octanol–water partition coefficient (Wildman–Crippen LogP) is 4.26. The Bertz CT molecular complexity index is 547. The van der Waals surface area contributed by atoms with Gasteiger partial charge >= 0.3 is 0 Å². The summed E-state index contributed by atoms with van der Waals surface area (Å²) >= 11 is 4.83. The lowest BCUT2D eigenvalue weighted by Crippen LogP contribution is -1.94. The van der Waals surface area contributed by atoms with E-state index >= 15 is 0 Å². The highest BCUT2D eigenvalue weighted by molar-refractivity contribution is 9.10. The SMILES string of the molecule is Cc1nc(Sc2ccc(Br)cc2C(C)O)oc1C. The first-order chi connectivity index (χ1) is 8.47. The molecule has 0 aliphatic heterocycles. The summed E-state index contributed by atoms with van der Waals surface area (Å²) in [7, 11) is 0. The van der Waals surface area contributed by atoms with E-state index in [0.29, 0.717) is 5.22 Å². The second-order valence-electron chi connectivity index (χ2n) is 4.08. The molecule has 1 aromatic heterocycles. The number of hydrogen-bond acceptors (Lipinski definition) is 4. The minimum Gasteiger partial charge on any atom is -0.436 e. The summed E-state index contributed by atoms with van der Waals surface area (Å²) in [6.07, 6.45) is -0.526. The highest BCUT2D eigenvalue weighted by Crippen LogP contribution is 2.35. The van der Waals surface area contributed by atoms with Crippen LogP contribution in [-0.2, 0) is 0 Å². The zero-order chi connectivity index (χ0) is 13.3. The highest BCUT2D eigenvalue weighted by atomic mass is 79.9. The second kappa shape index (κ2) is 5.47. The molecule has 0 fully saturated rings. The van der Waals surface area contributed by atoms with Gasteiger partial charge in [0.2, 0.25) is 0 Å². The smallest absolute Gasteiger partial charge is 0.261 e. The Labute approximate surface area is 119 Å². The van der Waals surface area contributed by atoms with E-state index in [9.17, 15) is 5.11 Å². The maximum atomic E-state index is 9.78. The topological polar surface area (TPSA) is 46.3 Å². The van der Waals surface area contributed by atoms with Crippen LogP contribution in [0.4, 0.5) is 0 Å². The number of aliphatic hydroxyl groups is 1. The number of aromatic nitrogens is 1. The lowest BCUT2D eigenvalue weighted by molar-refractivity contribution is 0.196. The summed E-state index contributed by atoms with van der Waals surface area (Å²) in [6, 6.07) is 5.80. The summed E-state index contributed by atoms with van der Waals surface area (Å²) in [4.78, 5) is 5.28. The molecule has 2 rings (SSSR count). The monoisotopic (exact) mass is 327 g/mol. The van der Waals surface area contributed by atoms with Gasteiger partial charge in [-0.25, -0.2) is 4.98 Å². The normalized spacial score (nSPS) is 12.7. The third-order valence-corrected chi connectivity index (χ3v) is 4.06. The standard InChI is InChI=1S/C13H14BrNO2S/c1-7-9(3)17-13(15-7)18-12-5-4-10(14)6-11(12)8(2)16/h4-6,8,16H,1-3H3. The highest BCUT2D eigenvalue weighted by Gasteiger charge is 2.13. The lowest BCUT2D eigenvalue weighted by atomic mass is 10.1. The first-order valence-electron chi connectivity index (χ1n) is 5.56. The predicted molar refractivity (Wildman–Crippen MR) is 74.9 cm³/mol. The second-order valence-corrected chi connectivity index (χ2v) is 5.99. The molecule has 0 radical (unpaired) electrons. The first-order valence-corrected chi connectivity index (χ1v) is 7.17. The van der Waals surface area contributed by atoms with Crippen LogP contribution in [0.5, 0.6) is 0 Å². The van der Waals surface area contributed by atoms with Gasteiger partial charge in [-0.1, -0.05) is 15.9 Å². The number of oxazole rings is 1. The maximum absolute atomic E-state index is 9.78. The Hall–Kier alpha value is -0.780. The van der Waals surface area contributed by atoms with Crippen LogP contribution in [-0.4, -0.2) is 10.1 Å². The van der Waals surface area contributed by atoms with Crippen LogP contribution in [0.2, 0.25) is 0 Å². The summed E-state index contributed by atoms with van der Waals surface area (Å²) in [5.41, 5.74) is 1.76. The van der Waals surface area contributed by atoms with Crippen molar-refractivity contribution in [1.29, 1.82) is 0 Å². The van der Waals surface area contributed by atoms with Crippen LogP contribution < -0.4 is 0 Å². The number of nitrogens with zero attached hydrogens (tertiary/aromatic N) is 1. The van der Waals surface area contributed by atoms with Gasteiger partial charge in [0, 0.05) is 9.37 Å². The molecule has 0 aliphatic rings. The Morgan fingerprint density at radius 2 is 2.11 bits per heavy atom. The van der Waals surface area contributed by atoms with Crippen molar-refractivity contribution >= 4 is 27.7 Å². The van der Waals surface area contributed by atoms with Crippen molar-refractivity contribution in [3.05, 3.63) is 39.7 Å². The van der Waals surface area contributed by atoms with Crippen LogP contribution >= 0.6 is 27.7 Å². The summed E-state index contributed by atoms with van der Waals surface area (Å²) < 4.78 is 6.49. The number of rotatable bonds is 3. The van der Waals surface area contributed by atoms with Crippen molar-refractivity contribution in [2.24, 2.45) is 0 Å². The molecule has 1 aromatic carbocycles.